The number of nitrogens with one attached hydrogen (secondary N) is 2. The van der Waals surface area contributed by atoms with Crippen LogP contribution in [0.15, 0.2) is 57.0 Å². The van der Waals surface area contributed by atoms with Gasteiger partial charge in [-0.1, -0.05) is 30.8 Å². The summed E-state index contributed by atoms with van der Waals surface area (Å²) in [6.07, 6.45) is 2.36. The minimum absolute atomic E-state index is 0.132. The summed E-state index contributed by atoms with van der Waals surface area (Å²) < 4.78 is 5.27. The van der Waals surface area contributed by atoms with E-state index in [1.807, 2.05) is 30.3 Å². The first-order chi connectivity index (χ1) is 13.5. The van der Waals surface area contributed by atoms with E-state index in [4.69, 9.17) is 4.42 Å². The van der Waals surface area contributed by atoms with Crippen molar-refractivity contribution in [3.05, 3.63) is 64.1 Å². The number of nitrogens with zero attached hydrogens (tertiary/aromatic N) is 2. The van der Waals surface area contributed by atoms with Crippen LogP contribution in [0.4, 0.5) is 5.69 Å². The van der Waals surface area contributed by atoms with E-state index in [1.54, 1.807) is 19.1 Å². The summed E-state index contributed by atoms with van der Waals surface area (Å²) in [7, 11) is 0. The number of rotatable bonds is 6. The van der Waals surface area contributed by atoms with Crippen molar-refractivity contribution in [2.24, 2.45) is 0 Å². The number of anilines is 1. The molecule has 28 heavy (non-hydrogen) atoms. The van der Waals surface area contributed by atoms with Crippen LogP contribution in [0.1, 0.15) is 25.0 Å². The van der Waals surface area contributed by atoms with Gasteiger partial charge in [0.1, 0.15) is 17.3 Å². The topological polar surface area (TPSA) is 112 Å². The van der Waals surface area contributed by atoms with Crippen molar-refractivity contribution in [1.29, 1.82) is 5.26 Å². The molecule has 0 spiro atoms. The number of furan rings is 1. The Balaban J connectivity index is 1.78. The lowest BCUT2D eigenvalue weighted by Gasteiger charge is -2.12. The molecule has 3 rings (SSSR count). The summed E-state index contributed by atoms with van der Waals surface area (Å²) in [4.78, 5) is 31.5. The molecule has 1 aromatic carbocycles. The summed E-state index contributed by atoms with van der Waals surface area (Å²) in [6, 6.07) is 12.7. The standard InChI is InChI=1S/C20H18N4O3S/c1-3-13-6-8-14(9-7-13)22-18(25)12(2)28-20-23-17(16-5-4-10-27-16)15(11-21)19(26)24-20/h4-10,12H,3H2,1-2H3,(H,22,25)(H,23,24,26)/t12-/m0/s1. The smallest absolute Gasteiger partial charge is 0.270 e. The normalized spacial score (nSPS) is 11.6. The number of thioether (sulfide) groups is 1. The molecule has 142 valence electrons. The van der Waals surface area contributed by atoms with Crippen LogP contribution in [0, 0.1) is 11.3 Å². The Kier molecular flexibility index (Phi) is 5.96. The molecule has 0 radical (unpaired) electrons. The highest BCUT2D eigenvalue weighted by Gasteiger charge is 2.20. The van der Waals surface area contributed by atoms with E-state index in [1.165, 1.54) is 11.8 Å². The molecule has 1 amide bonds. The SMILES string of the molecule is CCc1ccc(NC(=O)[C@H](C)Sc2nc(-c3ccco3)c(C#N)c(=O)[nH]2)cc1. The van der Waals surface area contributed by atoms with Crippen molar-refractivity contribution < 1.29 is 9.21 Å². The third-order valence-corrected chi connectivity index (χ3v) is 5.04. The monoisotopic (exact) mass is 394 g/mol. The highest BCUT2D eigenvalue weighted by Crippen LogP contribution is 2.25. The highest BCUT2D eigenvalue weighted by molar-refractivity contribution is 8.00. The Hall–Kier alpha value is -3.31. The van der Waals surface area contributed by atoms with Gasteiger partial charge >= 0.3 is 0 Å². The van der Waals surface area contributed by atoms with Crippen LogP contribution in [0.25, 0.3) is 11.5 Å². The van der Waals surface area contributed by atoms with Crippen molar-refractivity contribution in [2.75, 3.05) is 5.32 Å². The van der Waals surface area contributed by atoms with Gasteiger partial charge in [-0.25, -0.2) is 4.98 Å². The fraction of sp³-hybridized carbons (Fsp3) is 0.200. The molecule has 8 heteroatoms. The molecular formula is C20H18N4O3S. The van der Waals surface area contributed by atoms with E-state index in [2.05, 4.69) is 22.2 Å². The van der Waals surface area contributed by atoms with Crippen LogP contribution in [-0.2, 0) is 11.2 Å². The van der Waals surface area contributed by atoms with Crippen LogP contribution in [0.5, 0.6) is 0 Å². The van der Waals surface area contributed by atoms with E-state index in [0.717, 1.165) is 18.2 Å². The Bertz CT molecular complexity index is 1070. The van der Waals surface area contributed by atoms with E-state index in [9.17, 15) is 14.9 Å². The van der Waals surface area contributed by atoms with E-state index < -0.39 is 10.8 Å². The number of aromatic nitrogens is 2. The van der Waals surface area contributed by atoms with Gasteiger partial charge in [0.15, 0.2) is 10.9 Å². The molecule has 0 saturated carbocycles. The molecule has 2 N–H and O–H groups in total. The number of hydrogen-bond acceptors (Lipinski definition) is 6. The zero-order valence-corrected chi connectivity index (χ0v) is 16.2. The van der Waals surface area contributed by atoms with Crippen LogP contribution < -0.4 is 10.9 Å². The fourth-order valence-corrected chi connectivity index (χ4v) is 3.29. The number of benzene rings is 1. The predicted octanol–water partition coefficient (Wildman–Crippen LogP) is 3.58. The van der Waals surface area contributed by atoms with Crippen molar-refractivity contribution >= 4 is 23.4 Å². The predicted molar refractivity (Wildman–Crippen MR) is 107 cm³/mol. The molecule has 0 aliphatic heterocycles. The first-order valence-corrected chi connectivity index (χ1v) is 9.54. The van der Waals surface area contributed by atoms with Gasteiger partial charge < -0.3 is 14.7 Å². The second-order valence-electron chi connectivity index (χ2n) is 5.98. The maximum Gasteiger partial charge on any atom is 0.270 e. The molecule has 0 aliphatic rings. The average molecular weight is 394 g/mol. The largest absolute Gasteiger partial charge is 0.463 e. The fourth-order valence-electron chi connectivity index (χ4n) is 2.49. The number of nitriles is 1. The van der Waals surface area contributed by atoms with Crippen LogP contribution in [-0.4, -0.2) is 21.1 Å². The van der Waals surface area contributed by atoms with Gasteiger partial charge in [0.2, 0.25) is 5.91 Å². The van der Waals surface area contributed by atoms with Crippen molar-refractivity contribution in [3.8, 4) is 17.5 Å². The summed E-state index contributed by atoms with van der Waals surface area (Å²) >= 11 is 1.09. The lowest BCUT2D eigenvalue weighted by atomic mass is 10.1. The van der Waals surface area contributed by atoms with Crippen LogP contribution in [0.2, 0.25) is 0 Å². The lowest BCUT2D eigenvalue weighted by molar-refractivity contribution is -0.115. The quantitative estimate of drug-likeness (QED) is 0.488. The molecule has 0 unspecified atom stereocenters. The number of aryl methyl sites for hydroxylation is 1. The summed E-state index contributed by atoms with van der Waals surface area (Å²) in [5.41, 5.74) is 1.33. The molecule has 0 aliphatic carbocycles. The number of H-pyrrole nitrogens is 1. The number of carbonyl (C=O) groups excluding carboxylic acids is 1. The molecule has 2 heterocycles. The van der Waals surface area contributed by atoms with Gasteiger partial charge in [0.05, 0.1) is 11.5 Å². The summed E-state index contributed by atoms with van der Waals surface area (Å²) in [5, 5.41) is 11.8. The maximum absolute atomic E-state index is 12.5. The second kappa shape index (κ2) is 8.59. The molecule has 1 atom stereocenters. The van der Waals surface area contributed by atoms with Gasteiger partial charge in [-0.05, 0) is 43.2 Å². The Labute approximate surface area is 165 Å². The Morgan fingerprint density at radius 3 is 2.71 bits per heavy atom. The van der Waals surface area contributed by atoms with E-state index >= 15 is 0 Å². The van der Waals surface area contributed by atoms with Gasteiger partial charge in [-0.15, -0.1) is 0 Å². The van der Waals surface area contributed by atoms with Crippen molar-refractivity contribution in [3.63, 3.8) is 0 Å². The van der Waals surface area contributed by atoms with Gasteiger partial charge in [0, 0.05) is 5.69 Å². The minimum Gasteiger partial charge on any atom is -0.463 e. The number of hydrogen-bond donors (Lipinski definition) is 2. The van der Waals surface area contributed by atoms with E-state index in [0.29, 0.717) is 11.4 Å². The van der Waals surface area contributed by atoms with Gasteiger partial charge in [0.25, 0.3) is 5.56 Å². The third-order valence-electron chi connectivity index (χ3n) is 4.05. The molecule has 3 aromatic rings. The average Bonchev–Trinajstić information content (AvgIpc) is 3.22. The molecule has 0 saturated heterocycles. The number of aromatic amines is 1. The summed E-state index contributed by atoms with van der Waals surface area (Å²) in [5.74, 6) is 0.0958. The van der Waals surface area contributed by atoms with Crippen molar-refractivity contribution in [2.45, 2.75) is 30.7 Å². The maximum atomic E-state index is 12.5. The Morgan fingerprint density at radius 1 is 1.36 bits per heavy atom. The highest BCUT2D eigenvalue weighted by atomic mass is 32.2. The zero-order valence-electron chi connectivity index (χ0n) is 15.4. The first kappa shape index (κ1) is 19.5. The summed E-state index contributed by atoms with van der Waals surface area (Å²) in [6.45, 7) is 3.78. The molecule has 7 nitrogen and oxygen atoms in total. The molecular weight excluding hydrogens is 376 g/mol. The Morgan fingerprint density at radius 2 is 2.11 bits per heavy atom. The van der Waals surface area contributed by atoms with Gasteiger partial charge in [-0.3, -0.25) is 9.59 Å². The van der Waals surface area contributed by atoms with E-state index in [-0.39, 0.29) is 22.3 Å². The van der Waals surface area contributed by atoms with Gasteiger partial charge in [-0.2, -0.15) is 5.26 Å². The second-order valence-corrected chi connectivity index (χ2v) is 7.31. The molecule has 2 aromatic heterocycles. The zero-order chi connectivity index (χ0) is 20.1. The number of carbonyl (C=O) groups is 1. The number of amides is 1. The van der Waals surface area contributed by atoms with Crippen LogP contribution >= 0.6 is 11.8 Å². The minimum atomic E-state index is -0.575. The third kappa shape index (κ3) is 4.32. The molecule has 0 fully saturated rings. The first-order valence-electron chi connectivity index (χ1n) is 8.66. The lowest BCUT2D eigenvalue weighted by Crippen LogP contribution is -2.23. The van der Waals surface area contributed by atoms with Crippen molar-refractivity contribution in [1.82, 2.24) is 9.97 Å². The molecule has 0 bridgehead atoms. The van der Waals surface area contributed by atoms with Crippen LogP contribution in [0.3, 0.4) is 0 Å².